The highest BCUT2D eigenvalue weighted by Crippen LogP contribution is 2.38. The molecule has 6 heteroatoms. The summed E-state index contributed by atoms with van der Waals surface area (Å²) < 4.78 is 0. The topological polar surface area (TPSA) is 59.2 Å². The number of hydrogen-bond donors (Lipinski definition) is 1. The molecule has 1 aliphatic heterocycles. The Bertz CT molecular complexity index is 487. The summed E-state index contributed by atoms with van der Waals surface area (Å²) in [6.07, 6.45) is 4.06. The molecule has 3 rings (SSSR count). The average Bonchev–Trinajstić information content (AvgIpc) is 3.02. The van der Waals surface area contributed by atoms with Crippen molar-refractivity contribution in [3.05, 3.63) is 24.4 Å². The molecule has 1 saturated heterocycles. The van der Waals surface area contributed by atoms with E-state index < -0.39 is 0 Å². The SMILES string of the molecule is CC(Sc1ccccn1)C(=O)N1CC2CCC(N)C2C1.Cl. The second-order valence-electron chi connectivity index (χ2n) is 5.84. The van der Waals surface area contributed by atoms with Crippen LogP contribution in [0.2, 0.25) is 0 Å². The highest BCUT2D eigenvalue weighted by atomic mass is 35.5. The molecule has 4 nitrogen and oxygen atoms in total. The van der Waals surface area contributed by atoms with E-state index >= 15 is 0 Å². The number of hydrogen-bond acceptors (Lipinski definition) is 4. The van der Waals surface area contributed by atoms with Gasteiger partial charge in [0.25, 0.3) is 0 Å². The molecule has 4 atom stereocenters. The largest absolute Gasteiger partial charge is 0.341 e. The molecule has 1 saturated carbocycles. The number of fused-ring (bicyclic) bond motifs is 1. The minimum absolute atomic E-state index is 0. The Balaban J connectivity index is 0.00000161. The van der Waals surface area contributed by atoms with Crippen LogP contribution in [0, 0.1) is 11.8 Å². The first kappa shape index (κ1) is 16.6. The highest BCUT2D eigenvalue weighted by molar-refractivity contribution is 8.00. The van der Waals surface area contributed by atoms with E-state index in [1.807, 2.05) is 30.0 Å². The van der Waals surface area contributed by atoms with E-state index in [-0.39, 0.29) is 29.6 Å². The summed E-state index contributed by atoms with van der Waals surface area (Å²) in [4.78, 5) is 18.8. The van der Waals surface area contributed by atoms with Crippen molar-refractivity contribution < 1.29 is 4.79 Å². The van der Waals surface area contributed by atoms with Crippen molar-refractivity contribution in [1.29, 1.82) is 0 Å². The Hall–Kier alpha value is -0.780. The summed E-state index contributed by atoms with van der Waals surface area (Å²) in [5, 5.41) is 0.824. The third kappa shape index (κ3) is 3.52. The average molecular weight is 328 g/mol. The quantitative estimate of drug-likeness (QED) is 0.864. The predicted octanol–water partition coefficient (Wildman–Crippen LogP) is 2.18. The van der Waals surface area contributed by atoms with Gasteiger partial charge in [0.05, 0.1) is 10.3 Å². The fourth-order valence-corrected chi connectivity index (χ4v) is 4.28. The van der Waals surface area contributed by atoms with Gasteiger partial charge in [-0.15, -0.1) is 12.4 Å². The van der Waals surface area contributed by atoms with Crippen molar-refractivity contribution in [2.75, 3.05) is 13.1 Å². The Morgan fingerprint density at radius 2 is 2.24 bits per heavy atom. The van der Waals surface area contributed by atoms with Gasteiger partial charge in [-0.25, -0.2) is 4.98 Å². The van der Waals surface area contributed by atoms with Crippen LogP contribution in [0.3, 0.4) is 0 Å². The minimum Gasteiger partial charge on any atom is -0.341 e. The lowest BCUT2D eigenvalue weighted by Crippen LogP contribution is -2.37. The number of aromatic nitrogens is 1. The van der Waals surface area contributed by atoms with Gasteiger partial charge in [-0.1, -0.05) is 17.8 Å². The minimum atomic E-state index is -0.0834. The number of rotatable bonds is 3. The highest BCUT2D eigenvalue weighted by Gasteiger charge is 2.43. The van der Waals surface area contributed by atoms with Crippen molar-refractivity contribution in [1.82, 2.24) is 9.88 Å². The van der Waals surface area contributed by atoms with E-state index in [9.17, 15) is 4.79 Å². The van der Waals surface area contributed by atoms with Gasteiger partial charge in [-0.3, -0.25) is 4.79 Å². The van der Waals surface area contributed by atoms with Crippen molar-refractivity contribution >= 4 is 30.1 Å². The second-order valence-corrected chi connectivity index (χ2v) is 7.20. The Morgan fingerprint density at radius 3 is 2.90 bits per heavy atom. The third-order valence-corrected chi connectivity index (χ3v) is 5.55. The number of amides is 1. The van der Waals surface area contributed by atoms with Crippen LogP contribution in [0.4, 0.5) is 0 Å². The lowest BCUT2D eigenvalue weighted by molar-refractivity contribution is -0.129. The van der Waals surface area contributed by atoms with Crippen LogP contribution in [-0.2, 0) is 4.79 Å². The van der Waals surface area contributed by atoms with Gasteiger partial charge in [0.1, 0.15) is 0 Å². The van der Waals surface area contributed by atoms with Gasteiger partial charge in [0, 0.05) is 25.3 Å². The fraction of sp³-hybridized carbons (Fsp3) is 0.600. The number of nitrogens with two attached hydrogens (primary N) is 1. The maximum Gasteiger partial charge on any atom is 0.235 e. The first-order valence-electron chi connectivity index (χ1n) is 7.27. The molecular formula is C15H22ClN3OS. The van der Waals surface area contributed by atoms with Crippen molar-refractivity contribution in [2.24, 2.45) is 17.6 Å². The van der Waals surface area contributed by atoms with Gasteiger partial charge in [-0.05, 0) is 43.7 Å². The van der Waals surface area contributed by atoms with Gasteiger partial charge in [0.2, 0.25) is 5.91 Å². The van der Waals surface area contributed by atoms with Crippen molar-refractivity contribution in [2.45, 2.75) is 36.1 Å². The summed E-state index contributed by atoms with van der Waals surface area (Å²) in [6, 6.07) is 6.07. The fourth-order valence-electron chi connectivity index (χ4n) is 3.39. The molecule has 4 unspecified atom stereocenters. The van der Waals surface area contributed by atoms with Crippen molar-refractivity contribution in [3.8, 4) is 0 Å². The van der Waals surface area contributed by atoms with Crippen molar-refractivity contribution in [3.63, 3.8) is 0 Å². The number of nitrogens with zero attached hydrogens (tertiary/aromatic N) is 2. The van der Waals surface area contributed by atoms with E-state index in [0.717, 1.165) is 24.5 Å². The molecule has 0 spiro atoms. The molecule has 0 bridgehead atoms. The smallest absolute Gasteiger partial charge is 0.235 e. The Kier molecular flexibility index (Phi) is 5.52. The number of thioether (sulfide) groups is 1. The Labute approximate surface area is 136 Å². The van der Waals surface area contributed by atoms with Crippen LogP contribution >= 0.6 is 24.2 Å². The van der Waals surface area contributed by atoms with Crippen LogP contribution in [0.15, 0.2) is 29.4 Å². The summed E-state index contributed by atoms with van der Waals surface area (Å²) in [5.41, 5.74) is 6.13. The molecule has 2 aliphatic rings. The molecule has 2 heterocycles. The molecule has 1 amide bonds. The molecule has 116 valence electrons. The van der Waals surface area contributed by atoms with E-state index in [1.54, 1.807) is 6.20 Å². The summed E-state index contributed by atoms with van der Waals surface area (Å²) in [6.45, 7) is 3.71. The monoisotopic (exact) mass is 327 g/mol. The summed E-state index contributed by atoms with van der Waals surface area (Å²) in [5.74, 6) is 1.37. The van der Waals surface area contributed by atoms with Crippen LogP contribution in [-0.4, -0.2) is 40.2 Å². The maximum absolute atomic E-state index is 12.5. The molecular weight excluding hydrogens is 306 g/mol. The molecule has 0 radical (unpaired) electrons. The number of carbonyl (C=O) groups is 1. The lowest BCUT2D eigenvalue weighted by Gasteiger charge is -2.22. The molecule has 21 heavy (non-hydrogen) atoms. The summed E-state index contributed by atoms with van der Waals surface area (Å²) >= 11 is 1.53. The predicted molar refractivity (Wildman–Crippen MR) is 87.6 cm³/mol. The normalized spacial score (nSPS) is 28.9. The molecule has 1 aliphatic carbocycles. The molecule has 1 aromatic heterocycles. The molecule has 2 N–H and O–H groups in total. The standard InChI is InChI=1S/C15H21N3OS.ClH/c1-10(20-14-4-2-3-7-17-14)15(19)18-8-11-5-6-13(16)12(11)9-18;/h2-4,7,10-13H,5-6,8-9,16H2,1H3;1H. The number of likely N-dealkylation sites (tertiary alicyclic amines) is 1. The first-order chi connectivity index (χ1) is 9.65. The van der Waals surface area contributed by atoms with E-state index in [0.29, 0.717) is 11.8 Å². The zero-order valence-electron chi connectivity index (χ0n) is 12.1. The zero-order chi connectivity index (χ0) is 14.1. The Morgan fingerprint density at radius 1 is 1.43 bits per heavy atom. The number of pyridine rings is 1. The van der Waals surface area contributed by atoms with Crippen LogP contribution in [0.5, 0.6) is 0 Å². The molecule has 1 aromatic rings. The summed E-state index contributed by atoms with van der Waals surface area (Å²) in [7, 11) is 0. The first-order valence-corrected chi connectivity index (χ1v) is 8.15. The number of halogens is 1. The maximum atomic E-state index is 12.5. The molecule has 2 fully saturated rings. The van der Waals surface area contributed by atoms with Crippen LogP contribution in [0.1, 0.15) is 19.8 Å². The lowest BCUT2D eigenvalue weighted by atomic mass is 9.98. The van der Waals surface area contributed by atoms with Gasteiger partial charge < -0.3 is 10.6 Å². The van der Waals surface area contributed by atoms with Crippen LogP contribution < -0.4 is 5.73 Å². The van der Waals surface area contributed by atoms with E-state index in [2.05, 4.69) is 4.98 Å². The van der Waals surface area contributed by atoms with E-state index in [1.165, 1.54) is 18.2 Å². The number of carbonyl (C=O) groups excluding carboxylic acids is 1. The van der Waals surface area contributed by atoms with Crippen LogP contribution in [0.25, 0.3) is 0 Å². The zero-order valence-corrected chi connectivity index (χ0v) is 13.8. The van der Waals surface area contributed by atoms with Gasteiger partial charge in [-0.2, -0.15) is 0 Å². The van der Waals surface area contributed by atoms with Gasteiger partial charge in [0.15, 0.2) is 0 Å². The van der Waals surface area contributed by atoms with E-state index in [4.69, 9.17) is 5.73 Å². The molecule has 0 aromatic carbocycles. The third-order valence-electron chi connectivity index (χ3n) is 4.51. The van der Waals surface area contributed by atoms with Gasteiger partial charge >= 0.3 is 0 Å². The second kappa shape index (κ2) is 6.99.